The number of amides is 1. The van der Waals surface area contributed by atoms with Crippen molar-refractivity contribution in [3.05, 3.63) is 83.3 Å². The third-order valence-corrected chi connectivity index (χ3v) is 10.1. The van der Waals surface area contributed by atoms with Crippen molar-refractivity contribution in [2.45, 2.75) is 123 Å². The van der Waals surface area contributed by atoms with Gasteiger partial charge in [-0.05, 0) is 73.8 Å². The van der Waals surface area contributed by atoms with Gasteiger partial charge < -0.3 is 19.9 Å². The van der Waals surface area contributed by atoms with Gasteiger partial charge in [0, 0.05) is 6.07 Å². The predicted octanol–water partition coefficient (Wildman–Crippen LogP) is 10.8. The van der Waals surface area contributed by atoms with Gasteiger partial charge in [0.25, 0.3) is 5.91 Å². The number of hydrogen-bond donors (Lipinski definition) is 1. The molecule has 0 spiro atoms. The van der Waals surface area contributed by atoms with Gasteiger partial charge >= 0.3 is 0 Å². The van der Waals surface area contributed by atoms with Crippen molar-refractivity contribution >= 4 is 23.5 Å². The average Bonchev–Trinajstić information content (AvgIpc) is 3.70. The molecule has 2 aliphatic carbocycles. The van der Waals surface area contributed by atoms with E-state index in [1.165, 1.54) is 90.0 Å². The van der Waals surface area contributed by atoms with Crippen LogP contribution in [0.5, 0.6) is 17.4 Å². The molecule has 2 saturated carbocycles. The minimum atomic E-state index is -0.512. The number of ketones is 1. The Kier molecular flexibility index (Phi) is 20.2. The number of ether oxygens (including phenoxy) is 3. The first-order valence-corrected chi connectivity index (χ1v) is 20.1. The van der Waals surface area contributed by atoms with Gasteiger partial charge in [-0.1, -0.05) is 108 Å². The Morgan fingerprint density at radius 1 is 0.824 bits per heavy atom. The molecular weight excluding hydrogens is 664 g/mol. The molecule has 1 aliphatic heterocycles. The summed E-state index contributed by atoms with van der Waals surface area (Å²) in [6, 6.07) is 16.3. The second-order valence-corrected chi connectivity index (χ2v) is 14.6. The van der Waals surface area contributed by atoms with Crippen LogP contribution in [0.2, 0.25) is 0 Å². The zero-order chi connectivity index (χ0) is 36.7. The average molecular weight is 723 g/mol. The number of halogens is 1. The van der Waals surface area contributed by atoms with Gasteiger partial charge in [0.05, 0.1) is 23.9 Å². The van der Waals surface area contributed by atoms with E-state index in [4.69, 9.17) is 19.9 Å². The summed E-state index contributed by atoms with van der Waals surface area (Å²) in [6.45, 7) is 6.85. The van der Waals surface area contributed by atoms with Gasteiger partial charge in [-0.15, -0.1) is 0 Å². The smallest absolute Gasteiger partial charge is 0.252 e. The highest BCUT2D eigenvalue weighted by molar-refractivity contribution is 7.99. The number of carbonyl (C=O) groups excluding carboxylic acids is 2. The number of rotatable bonds is 11. The molecule has 280 valence electrons. The fourth-order valence-corrected chi connectivity index (χ4v) is 6.89. The van der Waals surface area contributed by atoms with E-state index in [0.717, 1.165) is 36.1 Å². The molecule has 6 rings (SSSR count). The molecule has 2 aromatic carbocycles. The van der Waals surface area contributed by atoms with Gasteiger partial charge in [0.1, 0.15) is 30.0 Å². The van der Waals surface area contributed by atoms with Crippen LogP contribution < -0.4 is 19.9 Å². The monoisotopic (exact) mass is 722 g/mol. The molecule has 0 radical (unpaired) electrons. The topological polar surface area (TPSA) is 101 Å². The van der Waals surface area contributed by atoms with Crippen molar-refractivity contribution in [2.75, 3.05) is 18.1 Å². The third-order valence-electron chi connectivity index (χ3n) is 9.06. The van der Waals surface area contributed by atoms with Crippen LogP contribution in [0.25, 0.3) is 0 Å². The summed E-state index contributed by atoms with van der Waals surface area (Å²) in [5.41, 5.74) is 7.17. The summed E-state index contributed by atoms with van der Waals surface area (Å²) in [5, 5.41) is 0. The minimum absolute atomic E-state index is 0.0901. The van der Waals surface area contributed by atoms with Crippen LogP contribution in [-0.2, 0) is 6.61 Å². The molecule has 0 atom stereocenters. The Hall–Kier alpha value is -3.59. The van der Waals surface area contributed by atoms with Gasteiger partial charge in [-0.25, -0.2) is 9.37 Å². The number of carbonyl (C=O) groups is 2. The van der Waals surface area contributed by atoms with Crippen LogP contribution in [0.1, 0.15) is 137 Å². The summed E-state index contributed by atoms with van der Waals surface area (Å²) in [5.74, 6) is 2.91. The van der Waals surface area contributed by atoms with Gasteiger partial charge in [0.15, 0.2) is 5.78 Å². The maximum Gasteiger partial charge on any atom is 0.252 e. The number of primary amides is 1. The van der Waals surface area contributed by atoms with Crippen molar-refractivity contribution in [1.82, 2.24) is 4.98 Å². The van der Waals surface area contributed by atoms with Crippen LogP contribution in [-0.4, -0.2) is 40.9 Å². The quantitative estimate of drug-likeness (QED) is 0.197. The Labute approximate surface area is 309 Å². The zero-order valence-corrected chi connectivity index (χ0v) is 31.8. The number of hydrogen-bond acceptors (Lipinski definition) is 7. The molecule has 2 N–H and O–H groups in total. The largest absolute Gasteiger partial charge is 0.492 e. The van der Waals surface area contributed by atoms with Gasteiger partial charge in [0.2, 0.25) is 5.88 Å². The summed E-state index contributed by atoms with van der Waals surface area (Å²) < 4.78 is 30.4. The van der Waals surface area contributed by atoms with Crippen LogP contribution in [0.15, 0.2) is 60.8 Å². The molecular formula is C42H59FN2O5S. The first-order chi connectivity index (χ1) is 24.8. The fraction of sp³-hybridized carbons (Fsp3) is 0.548. The van der Waals surface area contributed by atoms with E-state index in [9.17, 15) is 14.0 Å². The van der Waals surface area contributed by atoms with E-state index >= 15 is 0 Å². The second-order valence-electron chi connectivity index (χ2n) is 13.4. The zero-order valence-electron chi connectivity index (χ0n) is 31.0. The summed E-state index contributed by atoms with van der Waals surface area (Å²) in [6.07, 6.45) is 19.6. The van der Waals surface area contributed by atoms with E-state index in [2.05, 4.69) is 18.8 Å². The Morgan fingerprint density at radius 2 is 1.45 bits per heavy atom. The van der Waals surface area contributed by atoms with Gasteiger partial charge in [-0.2, -0.15) is 11.8 Å². The molecule has 3 aromatic rings. The maximum absolute atomic E-state index is 13.0. The van der Waals surface area contributed by atoms with Crippen LogP contribution in [0.3, 0.4) is 0 Å². The first-order valence-electron chi connectivity index (χ1n) is 18.9. The highest BCUT2D eigenvalue weighted by Crippen LogP contribution is 2.29. The van der Waals surface area contributed by atoms with E-state index in [1.54, 1.807) is 18.2 Å². The van der Waals surface area contributed by atoms with Crippen molar-refractivity contribution in [2.24, 2.45) is 11.7 Å². The molecule has 2 heterocycles. The fourth-order valence-electron chi connectivity index (χ4n) is 5.83. The van der Waals surface area contributed by atoms with Crippen molar-refractivity contribution in [3.63, 3.8) is 0 Å². The molecule has 51 heavy (non-hydrogen) atoms. The maximum atomic E-state index is 13.0. The lowest BCUT2D eigenvalue weighted by Gasteiger charge is -2.22. The predicted molar refractivity (Wildman–Crippen MR) is 207 cm³/mol. The second kappa shape index (κ2) is 24.6. The highest BCUT2D eigenvalue weighted by atomic mass is 32.2. The number of pyridine rings is 1. The van der Waals surface area contributed by atoms with Crippen molar-refractivity contribution in [3.8, 4) is 17.4 Å². The number of benzene rings is 2. The highest BCUT2D eigenvalue weighted by Gasteiger charge is 2.20. The number of unbranched alkanes of at least 4 members (excludes halogenated alkanes) is 1. The van der Waals surface area contributed by atoms with Crippen molar-refractivity contribution < 1.29 is 28.2 Å². The Balaban J connectivity index is 0.000000224. The molecule has 3 aliphatic rings. The van der Waals surface area contributed by atoms with E-state index < -0.39 is 11.7 Å². The van der Waals surface area contributed by atoms with E-state index in [-0.39, 0.29) is 23.3 Å². The Bertz CT molecular complexity index is 1410. The van der Waals surface area contributed by atoms with Crippen molar-refractivity contribution in [1.29, 1.82) is 0 Å². The number of nitrogens with two attached hydrogens (primary N) is 1. The van der Waals surface area contributed by atoms with Crippen LogP contribution in [0, 0.1) is 11.7 Å². The summed E-state index contributed by atoms with van der Waals surface area (Å²) in [7, 11) is 0. The van der Waals surface area contributed by atoms with Crippen LogP contribution in [0.4, 0.5) is 4.39 Å². The molecule has 3 fully saturated rings. The lowest BCUT2D eigenvalue weighted by molar-refractivity contribution is 0.0989. The number of thioether (sulfide) groups is 1. The number of nitrogens with zero attached hydrogens (tertiary/aromatic N) is 1. The standard InChI is InChI=1S/C20H23NO3.C12H14FNO2S.C6H12.C4H10/c21-20(22)18-11-10-17(23-13-15-6-2-1-3-7-15)12-19(18)24-14-16-8-4-5-9-16;1-8(15)11-6-9(13)7-14-12(11)16-10-2-4-17-5-3-10;1-2-4-6-5-3-1;1-3-4-2/h1-3,6-7,10-12,16H,4-5,8-9,13-14H2,(H2,21,22);6-7,10H,2-5H2,1H3;1-6H2;3-4H2,1-2H3. The minimum Gasteiger partial charge on any atom is -0.492 e. The molecule has 7 nitrogen and oxygen atoms in total. The van der Waals surface area contributed by atoms with Gasteiger partial charge in [-0.3, -0.25) is 9.59 Å². The molecule has 1 saturated heterocycles. The van der Waals surface area contributed by atoms with E-state index in [0.29, 0.717) is 36.2 Å². The number of Topliss-reactive ketones (excluding diaryl/α,β-unsaturated/α-hetero) is 1. The lowest BCUT2D eigenvalue weighted by atomic mass is 10.0. The SMILES string of the molecule is C1CCCCC1.CC(=O)c1cc(F)cnc1OC1CCSCC1.CCCC.NC(=O)c1ccc(OCc2ccccc2)cc1OCC1CCCC1. The molecule has 9 heteroatoms. The summed E-state index contributed by atoms with van der Waals surface area (Å²) in [4.78, 5) is 26.8. The third kappa shape index (κ3) is 16.5. The normalized spacial score (nSPS) is 15.8. The lowest BCUT2D eigenvalue weighted by Crippen LogP contribution is -2.23. The molecule has 0 bridgehead atoms. The Morgan fingerprint density at radius 3 is 2.02 bits per heavy atom. The summed E-state index contributed by atoms with van der Waals surface area (Å²) >= 11 is 1.89. The first kappa shape index (κ1) is 41.8. The van der Waals surface area contributed by atoms with Crippen LogP contribution >= 0.6 is 11.8 Å². The molecule has 1 amide bonds. The molecule has 0 unspecified atom stereocenters. The van der Waals surface area contributed by atoms with E-state index in [1.807, 2.05) is 42.1 Å². The molecule has 1 aromatic heterocycles. The number of aromatic nitrogens is 1.